The van der Waals surface area contributed by atoms with Gasteiger partial charge < -0.3 is 22.1 Å². The summed E-state index contributed by atoms with van der Waals surface area (Å²) < 4.78 is 0. The van der Waals surface area contributed by atoms with Crippen LogP contribution in [0.25, 0.3) is 0 Å². The highest BCUT2D eigenvalue weighted by molar-refractivity contribution is 6.06. The Morgan fingerprint density at radius 3 is 1.35 bits per heavy atom. The van der Waals surface area contributed by atoms with Gasteiger partial charge in [-0.1, -0.05) is 0 Å². The van der Waals surface area contributed by atoms with E-state index in [1.165, 1.54) is 12.4 Å². The second-order valence-electron chi connectivity index (χ2n) is 5.44. The molecule has 3 rings (SSSR count). The number of nitrogens with two attached hydrogens (primary N) is 2. The number of carbonyl (C=O) groups is 2. The number of carbonyl (C=O) groups excluding carboxylic acids is 2. The molecule has 0 unspecified atom stereocenters. The number of anilines is 4. The summed E-state index contributed by atoms with van der Waals surface area (Å²) in [5, 5.41) is 5.30. The molecule has 0 aliphatic carbocycles. The van der Waals surface area contributed by atoms with Gasteiger partial charge in [0.05, 0.1) is 23.8 Å². The molecule has 2 aromatic heterocycles. The molecule has 0 radical (unpaired) electrons. The Kier molecular flexibility index (Phi) is 4.75. The van der Waals surface area contributed by atoms with Crippen LogP contribution in [-0.4, -0.2) is 21.8 Å². The lowest BCUT2D eigenvalue weighted by atomic mass is 10.1. The average Bonchev–Trinajstić information content (AvgIpc) is 2.65. The molecule has 26 heavy (non-hydrogen) atoms. The van der Waals surface area contributed by atoms with Crippen LogP contribution in [0.4, 0.5) is 23.0 Å². The summed E-state index contributed by atoms with van der Waals surface area (Å²) in [6.45, 7) is 0. The van der Waals surface area contributed by atoms with E-state index in [1.54, 1.807) is 48.5 Å². The minimum atomic E-state index is -0.338. The van der Waals surface area contributed by atoms with Crippen molar-refractivity contribution in [2.75, 3.05) is 22.1 Å². The van der Waals surface area contributed by atoms with Crippen molar-refractivity contribution in [2.24, 2.45) is 0 Å². The zero-order chi connectivity index (χ0) is 18.5. The standard InChI is InChI=1S/C18H16N6O2/c19-13-5-7-15(21-9-13)23-17(25)11-1-2-12(4-3-11)18(26)24-16-8-6-14(20)10-22-16/h1-10H,19-20H2,(H,21,23,25)(H,22,24,26). The van der Waals surface area contributed by atoms with Crippen LogP contribution in [0.15, 0.2) is 60.9 Å². The van der Waals surface area contributed by atoms with E-state index in [1.807, 2.05) is 0 Å². The molecular weight excluding hydrogens is 332 g/mol. The highest BCUT2D eigenvalue weighted by Gasteiger charge is 2.10. The molecular formula is C18H16N6O2. The summed E-state index contributed by atoms with van der Waals surface area (Å²) in [5.41, 5.74) is 12.9. The molecule has 0 aliphatic rings. The molecule has 0 aliphatic heterocycles. The largest absolute Gasteiger partial charge is 0.397 e. The number of hydrogen-bond acceptors (Lipinski definition) is 6. The van der Waals surface area contributed by atoms with Crippen LogP contribution in [0, 0.1) is 0 Å². The number of nitrogens with zero attached hydrogens (tertiary/aromatic N) is 2. The maximum atomic E-state index is 12.2. The fraction of sp³-hybridized carbons (Fsp3) is 0. The molecule has 0 fully saturated rings. The first-order valence-electron chi connectivity index (χ1n) is 7.67. The summed E-state index contributed by atoms with van der Waals surface area (Å²) in [4.78, 5) is 32.4. The van der Waals surface area contributed by atoms with Gasteiger partial charge in [0, 0.05) is 11.1 Å². The van der Waals surface area contributed by atoms with E-state index in [2.05, 4.69) is 20.6 Å². The van der Waals surface area contributed by atoms with Crippen LogP contribution in [0.5, 0.6) is 0 Å². The van der Waals surface area contributed by atoms with Gasteiger partial charge in [-0.2, -0.15) is 0 Å². The lowest BCUT2D eigenvalue weighted by Gasteiger charge is -2.07. The summed E-state index contributed by atoms with van der Waals surface area (Å²) in [5.74, 6) is 0.102. The lowest BCUT2D eigenvalue weighted by Crippen LogP contribution is -2.15. The van der Waals surface area contributed by atoms with Gasteiger partial charge in [0.2, 0.25) is 0 Å². The van der Waals surface area contributed by atoms with Crippen molar-refractivity contribution in [3.63, 3.8) is 0 Å². The number of nitrogen functional groups attached to an aromatic ring is 2. The van der Waals surface area contributed by atoms with E-state index in [-0.39, 0.29) is 11.8 Å². The first-order chi connectivity index (χ1) is 12.5. The van der Waals surface area contributed by atoms with Gasteiger partial charge in [0.1, 0.15) is 11.6 Å². The second-order valence-corrected chi connectivity index (χ2v) is 5.44. The lowest BCUT2D eigenvalue weighted by molar-refractivity contribution is 0.101. The van der Waals surface area contributed by atoms with Crippen LogP contribution >= 0.6 is 0 Å². The fourth-order valence-electron chi connectivity index (χ4n) is 2.11. The molecule has 0 atom stereocenters. The number of amides is 2. The Balaban J connectivity index is 1.65. The molecule has 8 heteroatoms. The van der Waals surface area contributed by atoms with Crippen molar-refractivity contribution in [1.29, 1.82) is 0 Å². The predicted octanol–water partition coefficient (Wildman–Crippen LogP) is 2.15. The van der Waals surface area contributed by atoms with Gasteiger partial charge in [0.15, 0.2) is 0 Å². The van der Waals surface area contributed by atoms with E-state index >= 15 is 0 Å². The molecule has 6 N–H and O–H groups in total. The van der Waals surface area contributed by atoms with Crippen LogP contribution in [-0.2, 0) is 0 Å². The molecule has 1 aromatic carbocycles. The van der Waals surface area contributed by atoms with Crippen LogP contribution in [0.1, 0.15) is 20.7 Å². The Hall–Kier alpha value is -3.94. The molecule has 2 heterocycles. The zero-order valence-electron chi connectivity index (χ0n) is 13.6. The monoisotopic (exact) mass is 348 g/mol. The van der Waals surface area contributed by atoms with Gasteiger partial charge >= 0.3 is 0 Å². The molecule has 8 nitrogen and oxygen atoms in total. The summed E-state index contributed by atoms with van der Waals surface area (Å²) in [6, 6.07) is 12.7. The van der Waals surface area contributed by atoms with Gasteiger partial charge in [-0.15, -0.1) is 0 Å². The van der Waals surface area contributed by atoms with Gasteiger partial charge in [-0.05, 0) is 48.5 Å². The van der Waals surface area contributed by atoms with Crippen molar-refractivity contribution in [2.45, 2.75) is 0 Å². The average molecular weight is 348 g/mol. The molecule has 2 amide bonds. The first kappa shape index (κ1) is 16.9. The summed E-state index contributed by atoms with van der Waals surface area (Å²) in [7, 11) is 0. The summed E-state index contributed by atoms with van der Waals surface area (Å²) >= 11 is 0. The third-order valence-electron chi connectivity index (χ3n) is 3.47. The molecule has 0 saturated carbocycles. The highest BCUT2D eigenvalue weighted by atomic mass is 16.2. The first-order valence-corrected chi connectivity index (χ1v) is 7.67. The Bertz CT molecular complexity index is 843. The Morgan fingerprint density at radius 1 is 0.654 bits per heavy atom. The van der Waals surface area contributed by atoms with E-state index in [0.717, 1.165) is 0 Å². The molecule has 0 saturated heterocycles. The van der Waals surface area contributed by atoms with Crippen molar-refractivity contribution in [1.82, 2.24) is 9.97 Å². The third-order valence-corrected chi connectivity index (χ3v) is 3.47. The molecule has 0 bridgehead atoms. The van der Waals surface area contributed by atoms with E-state index in [0.29, 0.717) is 34.1 Å². The number of rotatable bonds is 4. The molecule has 130 valence electrons. The smallest absolute Gasteiger partial charge is 0.256 e. The van der Waals surface area contributed by atoms with Crippen LogP contribution in [0.2, 0.25) is 0 Å². The Morgan fingerprint density at radius 2 is 1.04 bits per heavy atom. The van der Waals surface area contributed by atoms with Gasteiger partial charge in [-0.25, -0.2) is 9.97 Å². The Labute approximate surface area is 149 Å². The normalized spacial score (nSPS) is 10.2. The van der Waals surface area contributed by atoms with Crippen molar-refractivity contribution < 1.29 is 9.59 Å². The maximum absolute atomic E-state index is 12.2. The SMILES string of the molecule is Nc1ccc(NC(=O)c2ccc(C(=O)Nc3ccc(N)cn3)cc2)nc1. The number of aromatic nitrogens is 2. The van der Waals surface area contributed by atoms with Crippen LogP contribution in [0.3, 0.4) is 0 Å². The number of pyridine rings is 2. The fourth-order valence-corrected chi connectivity index (χ4v) is 2.11. The second kappa shape index (κ2) is 7.31. The zero-order valence-corrected chi connectivity index (χ0v) is 13.6. The number of hydrogen-bond donors (Lipinski definition) is 4. The maximum Gasteiger partial charge on any atom is 0.256 e. The van der Waals surface area contributed by atoms with Crippen molar-refractivity contribution >= 4 is 34.8 Å². The summed E-state index contributed by atoms with van der Waals surface area (Å²) in [6.07, 6.45) is 2.91. The van der Waals surface area contributed by atoms with Gasteiger partial charge in [0.25, 0.3) is 11.8 Å². The molecule has 3 aromatic rings. The van der Waals surface area contributed by atoms with E-state index in [9.17, 15) is 9.59 Å². The van der Waals surface area contributed by atoms with E-state index < -0.39 is 0 Å². The third kappa shape index (κ3) is 4.12. The van der Waals surface area contributed by atoms with E-state index in [4.69, 9.17) is 11.5 Å². The highest BCUT2D eigenvalue weighted by Crippen LogP contribution is 2.12. The van der Waals surface area contributed by atoms with Gasteiger partial charge in [-0.3, -0.25) is 9.59 Å². The quantitative estimate of drug-likeness (QED) is 0.570. The predicted molar refractivity (Wildman–Crippen MR) is 99.6 cm³/mol. The number of benzene rings is 1. The topological polar surface area (TPSA) is 136 Å². The minimum Gasteiger partial charge on any atom is -0.397 e. The number of nitrogens with one attached hydrogen (secondary N) is 2. The minimum absolute atomic E-state index is 0.338. The van der Waals surface area contributed by atoms with Crippen molar-refractivity contribution in [3.8, 4) is 0 Å². The van der Waals surface area contributed by atoms with Crippen molar-refractivity contribution in [3.05, 3.63) is 72.1 Å². The van der Waals surface area contributed by atoms with Crippen LogP contribution < -0.4 is 22.1 Å². The molecule has 0 spiro atoms.